The fourth-order valence-corrected chi connectivity index (χ4v) is 2.50. The molecule has 0 saturated heterocycles. The molecule has 90 valence electrons. The van der Waals surface area contributed by atoms with Crippen molar-refractivity contribution >= 4 is 0 Å². The van der Waals surface area contributed by atoms with Crippen LogP contribution in [0.4, 0.5) is 0 Å². The van der Waals surface area contributed by atoms with Crippen LogP contribution in [0.5, 0.6) is 0 Å². The topological polar surface area (TPSA) is 32.3 Å². The summed E-state index contributed by atoms with van der Waals surface area (Å²) in [5, 5.41) is 12.9. The molecule has 2 heteroatoms. The van der Waals surface area contributed by atoms with Gasteiger partial charge in [-0.2, -0.15) is 0 Å². The molecule has 1 fully saturated rings. The van der Waals surface area contributed by atoms with E-state index in [2.05, 4.69) is 19.2 Å². The van der Waals surface area contributed by atoms with E-state index in [9.17, 15) is 5.11 Å². The van der Waals surface area contributed by atoms with Crippen molar-refractivity contribution in [1.82, 2.24) is 5.32 Å². The maximum atomic E-state index is 9.27. The number of hydrogen-bond acceptors (Lipinski definition) is 2. The Morgan fingerprint density at radius 3 is 2.33 bits per heavy atom. The van der Waals surface area contributed by atoms with Crippen LogP contribution in [0.25, 0.3) is 0 Å². The average molecular weight is 213 g/mol. The Balaban J connectivity index is 2.09. The molecule has 1 aliphatic carbocycles. The van der Waals surface area contributed by atoms with Gasteiger partial charge in [-0.25, -0.2) is 0 Å². The van der Waals surface area contributed by atoms with Crippen molar-refractivity contribution < 1.29 is 5.11 Å². The summed E-state index contributed by atoms with van der Waals surface area (Å²) in [6, 6.07) is 0.734. The molecule has 0 aromatic carbocycles. The van der Waals surface area contributed by atoms with Crippen LogP contribution in [-0.4, -0.2) is 23.8 Å². The smallest absolute Gasteiger partial charge is 0.0515 e. The van der Waals surface area contributed by atoms with Gasteiger partial charge >= 0.3 is 0 Å². The third-order valence-corrected chi connectivity index (χ3v) is 3.51. The monoisotopic (exact) mass is 213 g/mol. The van der Waals surface area contributed by atoms with Crippen LogP contribution in [0.1, 0.15) is 52.9 Å². The third-order valence-electron chi connectivity index (χ3n) is 3.51. The maximum absolute atomic E-state index is 9.27. The highest BCUT2D eigenvalue weighted by atomic mass is 16.3. The Kier molecular flexibility index (Phi) is 5.62. The molecule has 0 aromatic rings. The molecule has 0 aromatic heterocycles. The van der Waals surface area contributed by atoms with Gasteiger partial charge in [0.2, 0.25) is 0 Å². The Morgan fingerprint density at radius 1 is 1.20 bits per heavy atom. The predicted octanol–water partition coefficient (Wildman–Crippen LogP) is 2.56. The Bertz CT molecular complexity index is 162. The summed E-state index contributed by atoms with van der Waals surface area (Å²) in [6.07, 6.45) is 6.18. The van der Waals surface area contributed by atoms with Gasteiger partial charge in [0.15, 0.2) is 0 Å². The maximum Gasteiger partial charge on any atom is 0.0515 e. The van der Waals surface area contributed by atoms with Crippen LogP contribution in [0.15, 0.2) is 0 Å². The molecule has 2 N–H and O–H groups in total. The average Bonchev–Trinajstić information content (AvgIpc) is 2.16. The van der Waals surface area contributed by atoms with Gasteiger partial charge in [0.25, 0.3) is 0 Å². The van der Waals surface area contributed by atoms with Crippen molar-refractivity contribution in [3.63, 3.8) is 0 Å². The lowest BCUT2D eigenvalue weighted by Crippen LogP contribution is -2.36. The number of aliphatic hydroxyl groups excluding tert-OH is 1. The zero-order chi connectivity index (χ0) is 11.3. The molecule has 0 aliphatic heterocycles. The predicted molar refractivity (Wildman–Crippen MR) is 64.9 cm³/mol. The molecule has 1 saturated carbocycles. The fourth-order valence-electron chi connectivity index (χ4n) is 2.50. The number of rotatable bonds is 5. The van der Waals surface area contributed by atoms with Crippen LogP contribution < -0.4 is 5.32 Å². The molecule has 1 aliphatic rings. The van der Waals surface area contributed by atoms with E-state index >= 15 is 0 Å². The van der Waals surface area contributed by atoms with Crippen LogP contribution in [0.3, 0.4) is 0 Å². The minimum atomic E-state index is -0.159. The number of nitrogens with one attached hydrogen (secondary N) is 1. The second-order valence-electron chi connectivity index (χ2n) is 5.55. The van der Waals surface area contributed by atoms with E-state index in [0.717, 1.165) is 24.9 Å². The highest BCUT2D eigenvalue weighted by molar-refractivity contribution is 4.76. The fraction of sp³-hybridized carbons (Fsp3) is 1.00. The normalized spacial score (nSPS) is 31.2. The summed E-state index contributed by atoms with van der Waals surface area (Å²) in [5.41, 5.74) is 0. The van der Waals surface area contributed by atoms with E-state index in [0.29, 0.717) is 5.92 Å². The molecule has 2 atom stereocenters. The molecule has 2 unspecified atom stereocenters. The van der Waals surface area contributed by atoms with Gasteiger partial charge in [0.05, 0.1) is 6.10 Å². The van der Waals surface area contributed by atoms with E-state index in [4.69, 9.17) is 0 Å². The first-order valence-electron chi connectivity index (χ1n) is 6.49. The molecule has 2 nitrogen and oxygen atoms in total. The molecular formula is C13H27NO. The first-order chi connectivity index (χ1) is 7.08. The van der Waals surface area contributed by atoms with Crippen molar-refractivity contribution in [3.05, 3.63) is 0 Å². The first kappa shape index (κ1) is 13.0. The van der Waals surface area contributed by atoms with E-state index in [1.165, 1.54) is 25.7 Å². The summed E-state index contributed by atoms with van der Waals surface area (Å²) >= 11 is 0. The first-order valence-corrected chi connectivity index (χ1v) is 6.49. The zero-order valence-corrected chi connectivity index (χ0v) is 10.5. The lowest BCUT2D eigenvalue weighted by molar-refractivity contribution is 0.161. The van der Waals surface area contributed by atoms with Crippen LogP contribution in [-0.2, 0) is 0 Å². The Labute approximate surface area is 94.5 Å². The highest BCUT2D eigenvalue weighted by Gasteiger charge is 2.18. The molecule has 0 radical (unpaired) electrons. The summed E-state index contributed by atoms with van der Waals surface area (Å²) in [7, 11) is 0. The second kappa shape index (κ2) is 6.49. The van der Waals surface area contributed by atoms with Gasteiger partial charge in [-0.15, -0.1) is 0 Å². The molecule has 0 bridgehead atoms. The van der Waals surface area contributed by atoms with Gasteiger partial charge in [0.1, 0.15) is 0 Å². The van der Waals surface area contributed by atoms with Crippen molar-refractivity contribution in [1.29, 1.82) is 0 Å². The summed E-state index contributed by atoms with van der Waals surface area (Å²) in [4.78, 5) is 0. The number of hydrogen-bond donors (Lipinski definition) is 2. The van der Waals surface area contributed by atoms with Crippen LogP contribution in [0, 0.1) is 11.8 Å². The standard InChI is InChI=1S/C13H27NO/c1-10-4-6-13(7-5-10)14-9-11(2)8-12(3)15/h10-15H,4-9H2,1-3H3. The van der Waals surface area contributed by atoms with Gasteiger partial charge in [0, 0.05) is 6.04 Å². The van der Waals surface area contributed by atoms with Gasteiger partial charge in [-0.3, -0.25) is 0 Å². The Hall–Kier alpha value is -0.0800. The van der Waals surface area contributed by atoms with E-state index in [1.54, 1.807) is 0 Å². The lowest BCUT2D eigenvalue weighted by atomic mass is 9.87. The van der Waals surface area contributed by atoms with Crippen LogP contribution in [0.2, 0.25) is 0 Å². The quantitative estimate of drug-likeness (QED) is 0.735. The summed E-state index contributed by atoms with van der Waals surface area (Å²) in [6.45, 7) is 7.50. The minimum Gasteiger partial charge on any atom is -0.393 e. The largest absolute Gasteiger partial charge is 0.393 e. The van der Waals surface area contributed by atoms with Crippen LogP contribution >= 0.6 is 0 Å². The van der Waals surface area contributed by atoms with E-state index < -0.39 is 0 Å². The summed E-state index contributed by atoms with van der Waals surface area (Å²) < 4.78 is 0. The van der Waals surface area contributed by atoms with Gasteiger partial charge < -0.3 is 10.4 Å². The lowest BCUT2D eigenvalue weighted by Gasteiger charge is -2.28. The number of aliphatic hydroxyl groups is 1. The van der Waals surface area contributed by atoms with Gasteiger partial charge in [-0.05, 0) is 57.4 Å². The molecular weight excluding hydrogens is 186 g/mol. The molecule has 15 heavy (non-hydrogen) atoms. The third kappa shape index (κ3) is 5.53. The van der Waals surface area contributed by atoms with Crippen molar-refractivity contribution in [2.45, 2.75) is 65.0 Å². The van der Waals surface area contributed by atoms with Crippen molar-refractivity contribution in [3.8, 4) is 0 Å². The SMILES string of the molecule is CC(O)CC(C)CNC1CCC(C)CC1. The van der Waals surface area contributed by atoms with Gasteiger partial charge in [-0.1, -0.05) is 13.8 Å². The second-order valence-corrected chi connectivity index (χ2v) is 5.55. The molecule has 0 amide bonds. The summed E-state index contributed by atoms with van der Waals surface area (Å²) in [5.74, 6) is 1.52. The zero-order valence-electron chi connectivity index (χ0n) is 10.5. The molecule has 1 rings (SSSR count). The highest BCUT2D eigenvalue weighted by Crippen LogP contribution is 2.23. The van der Waals surface area contributed by atoms with E-state index in [-0.39, 0.29) is 6.10 Å². The van der Waals surface area contributed by atoms with Crippen molar-refractivity contribution in [2.75, 3.05) is 6.54 Å². The Morgan fingerprint density at radius 2 is 1.80 bits per heavy atom. The van der Waals surface area contributed by atoms with Crippen molar-refractivity contribution in [2.24, 2.45) is 11.8 Å². The molecule has 0 heterocycles. The molecule has 0 spiro atoms. The minimum absolute atomic E-state index is 0.159. The van der Waals surface area contributed by atoms with E-state index in [1.807, 2.05) is 6.92 Å².